The Morgan fingerprint density at radius 1 is 1.24 bits per heavy atom. The lowest BCUT2D eigenvalue weighted by Gasteiger charge is -2.29. The molecule has 2 aromatic rings. The van der Waals surface area contributed by atoms with Gasteiger partial charge in [-0.2, -0.15) is 5.26 Å². The zero-order valence-corrected chi connectivity index (χ0v) is 9.24. The minimum Gasteiger partial charge on any atom is -0.360 e. The number of pyridine rings is 1. The number of nitriles is 1. The lowest BCUT2D eigenvalue weighted by molar-refractivity contribution is 0.559. The van der Waals surface area contributed by atoms with Gasteiger partial charge in [0.15, 0.2) is 5.69 Å². The highest BCUT2D eigenvalue weighted by molar-refractivity contribution is 5.55. The average molecular weight is 225 g/mol. The van der Waals surface area contributed by atoms with Crippen LogP contribution in [0, 0.1) is 11.3 Å². The van der Waals surface area contributed by atoms with Gasteiger partial charge in [-0.15, -0.1) is 0 Å². The van der Waals surface area contributed by atoms with Crippen LogP contribution in [0.2, 0.25) is 0 Å². The Kier molecular flexibility index (Phi) is 2.26. The van der Waals surface area contributed by atoms with Crippen LogP contribution in [-0.4, -0.2) is 21.1 Å². The molecule has 0 aromatic carbocycles. The summed E-state index contributed by atoms with van der Waals surface area (Å²) < 4.78 is 2.14. The fraction of sp³-hybridized carbons (Fsp3) is 0.250. The standard InChI is InChI=1S/C12H11N5/c13-8-10-11(2-1-3-14-10)17-7-6-16-5-4-15-12(16)9-17/h1-5H,6-7,9H2. The Labute approximate surface area is 99.0 Å². The van der Waals surface area contributed by atoms with Gasteiger partial charge in [0.05, 0.1) is 12.2 Å². The number of anilines is 1. The first kappa shape index (κ1) is 9.85. The van der Waals surface area contributed by atoms with Crippen LogP contribution >= 0.6 is 0 Å². The van der Waals surface area contributed by atoms with Crippen molar-refractivity contribution in [2.45, 2.75) is 13.1 Å². The van der Waals surface area contributed by atoms with Gasteiger partial charge in [-0.25, -0.2) is 9.97 Å². The molecule has 3 heterocycles. The van der Waals surface area contributed by atoms with Crippen molar-refractivity contribution in [3.63, 3.8) is 0 Å². The van der Waals surface area contributed by atoms with Gasteiger partial charge in [0.25, 0.3) is 0 Å². The van der Waals surface area contributed by atoms with Crippen molar-refractivity contribution in [2.75, 3.05) is 11.4 Å². The van der Waals surface area contributed by atoms with Gasteiger partial charge < -0.3 is 9.47 Å². The van der Waals surface area contributed by atoms with Gasteiger partial charge >= 0.3 is 0 Å². The van der Waals surface area contributed by atoms with E-state index in [9.17, 15) is 0 Å². The van der Waals surface area contributed by atoms with Gasteiger partial charge in [0, 0.05) is 31.7 Å². The van der Waals surface area contributed by atoms with Crippen LogP contribution in [0.3, 0.4) is 0 Å². The Morgan fingerprint density at radius 3 is 3.06 bits per heavy atom. The molecule has 0 radical (unpaired) electrons. The van der Waals surface area contributed by atoms with Crippen LogP contribution in [0.25, 0.3) is 0 Å². The number of fused-ring (bicyclic) bond motifs is 1. The van der Waals surface area contributed by atoms with Crippen molar-refractivity contribution in [3.8, 4) is 6.07 Å². The summed E-state index contributed by atoms with van der Waals surface area (Å²) >= 11 is 0. The van der Waals surface area contributed by atoms with Gasteiger partial charge in [0.1, 0.15) is 11.9 Å². The number of aromatic nitrogens is 3. The van der Waals surface area contributed by atoms with E-state index >= 15 is 0 Å². The first-order valence-electron chi connectivity index (χ1n) is 5.48. The molecule has 0 amide bonds. The van der Waals surface area contributed by atoms with Crippen molar-refractivity contribution in [2.24, 2.45) is 0 Å². The number of hydrogen-bond acceptors (Lipinski definition) is 4. The SMILES string of the molecule is N#Cc1ncccc1N1CCn2ccnc2C1. The van der Waals surface area contributed by atoms with Crippen molar-refractivity contribution in [3.05, 3.63) is 42.2 Å². The zero-order valence-electron chi connectivity index (χ0n) is 9.24. The highest BCUT2D eigenvalue weighted by atomic mass is 15.2. The van der Waals surface area contributed by atoms with E-state index in [1.165, 1.54) is 0 Å². The van der Waals surface area contributed by atoms with Crippen LogP contribution in [0.4, 0.5) is 5.69 Å². The summed E-state index contributed by atoms with van der Waals surface area (Å²) in [5, 5.41) is 9.04. The van der Waals surface area contributed by atoms with E-state index in [0.717, 1.165) is 31.1 Å². The molecular formula is C12H11N5. The summed E-state index contributed by atoms with van der Waals surface area (Å²) in [7, 11) is 0. The molecule has 2 aromatic heterocycles. The van der Waals surface area contributed by atoms with Crippen molar-refractivity contribution in [1.82, 2.24) is 14.5 Å². The molecule has 1 aliphatic rings. The lowest BCUT2D eigenvalue weighted by Crippen LogP contribution is -2.34. The van der Waals surface area contributed by atoms with Gasteiger partial charge in [-0.3, -0.25) is 0 Å². The second kappa shape index (κ2) is 3.91. The Hall–Kier alpha value is -2.35. The maximum absolute atomic E-state index is 9.04. The highest BCUT2D eigenvalue weighted by Gasteiger charge is 2.19. The van der Waals surface area contributed by atoms with Crippen molar-refractivity contribution >= 4 is 5.69 Å². The van der Waals surface area contributed by atoms with Crippen LogP contribution in [0.1, 0.15) is 11.5 Å². The maximum Gasteiger partial charge on any atom is 0.163 e. The molecule has 5 nitrogen and oxygen atoms in total. The minimum absolute atomic E-state index is 0.479. The summed E-state index contributed by atoms with van der Waals surface area (Å²) in [6.45, 7) is 2.51. The van der Waals surface area contributed by atoms with Gasteiger partial charge in [-0.05, 0) is 12.1 Å². The smallest absolute Gasteiger partial charge is 0.163 e. The van der Waals surface area contributed by atoms with E-state index in [1.807, 2.05) is 24.5 Å². The Bertz CT molecular complexity index is 581. The zero-order chi connectivity index (χ0) is 11.7. The third-order valence-electron chi connectivity index (χ3n) is 2.98. The topological polar surface area (TPSA) is 57.7 Å². The lowest BCUT2D eigenvalue weighted by atomic mass is 10.2. The molecule has 0 aliphatic carbocycles. The molecule has 84 valence electrons. The van der Waals surface area contributed by atoms with Gasteiger partial charge in [-0.1, -0.05) is 0 Å². The molecule has 0 spiro atoms. The number of imidazole rings is 1. The maximum atomic E-state index is 9.04. The van der Waals surface area contributed by atoms with Crippen LogP contribution in [0.5, 0.6) is 0 Å². The van der Waals surface area contributed by atoms with E-state index in [-0.39, 0.29) is 0 Å². The first-order valence-corrected chi connectivity index (χ1v) is 5.48. The summed E-state index contributed by atoms with van der Waals surface area (Å²) in [5.74, 6) is 1.03. The molecule has 0 saturated carbocycles. The van der Waals surface area contributed by atoms with E-state index in [1.54, 1.807) is 6.20 Å². The highest BCUT2D eigenvalue weighted by Crippen LogP contribution is 2.22. The Balaban J connectivity index is 1.95. The molecule has 0 bridgehead atoms. The summed E-state index contributed by atoms with van der Waals surface area (Å²) in [4.78, 5) is 10.5. The molecule has 0 fully saturated rings. The normalized spacial score (nSPS) is 14.2. The van der Waals surface area contributed by atoms with Crippen LogP contribution < -0.4 is 4.90 Å². The van der Waals surface area contributed by atoms with Crippen molar-refractivity contribution in [1.29, 1.82) is 5.26 Å². The molecule has 0 unspecified atom stereocenters. The van der Waals surface area contributed by atoms with Crippen LogP contribution in [-0.2, 0) is 13.1 Å². The average Bonchev–Trinajstić information content (AvgIpc) is 2.85. The molecule has 17 heavy (non-hydrogen) atoms. The molecular weight excluding hydrogens is 214 g/mol. The molecule has 0 N–H and O–H groups in total. The van der Waals surface area contributed by atoms with E-state index in [0.29, 0.717) is 5.69 Å². The van der Waals surface area contributed by atoms with Crippen LogP contribution in [0.15, 0.2) is 30.7 Å². The molecule has 1 aliphatic heterocycles. The monoisotopic (exact) mass is 225 g/mol. The molecule has 3 rings (SSSR count). The summed E-state index contributed by atoms with van der Waals surface area (Å²) in [6, 6.07) is 5.92. The van der Waals surface area contributed by atoms with Gasteiger partial charge in [0.2, 0.25) is 0 Å². The number of hydrogen-bond donors (Lipinski definition) is 0. The second-order valence-corrected chi connectivity index (χ2v) is 3.94. The van der Waals surface area contributed by atoms with E-state index in [4.69, 9.17) is 5.26 Å². The van der Waals surface area contributed by atoms with E-state index in [2.05, 4.69) is 25.5 Å². The molecule has 5 heteroatoms. The first-order chi connectivity index (χ1) is 8.38. The number of nitrogens with zero attached hydrogens (tertiary/aromatic N) is 5. The summed E-state index contributed by atoms with van der Waals surface area (Å²) in [6.07, 6.45) is 5.45. The third-order valence-corrected chi connectivity index (χ3v) is 2.98. The Morgan fingerprint density at radius 2 is 2.18 bits per heavy atom. The fourth-order valence-electron chi connectivity index (χ4n) is 2.12. The number of rotatable bonds is 1. The molecule has 0 saturated heterocycles. The predicted octanol–water partition coefficient (Wildman–Crippen LogP) is 1.17. The summed E-state index contributed by atoms with van der Waals surface area (Å²) in [5.41, 5.74) is 1.37. The minimum atomic E-state index is 0.479. The third kappa shape index (κ3) is 1.64. The predicted molar refractivity (Wildman–Crippen MR) is 62.2 cm³/mol. The molecule has 0 atom stereocenters. The van der Waals surface area contributed by atoms with E-state index < -0.39 is 0 Å². The largest absolute Gasteiger partial charge is 0.360 e. The fourth-order valence-corrected chi connectivity index (χ4v) is 2.12. The second-order valence-electron chi connectivity index (χ2n) is 3.94. The van der Waals surface area contributed by atoms with Crippen molar-refractivity contribution < 1.29 is 0 Å². The quantitative estimate of drug-likeness (QED) is 0.731.